The summed E-state index contributed by atoms with van der Waals surface area (Å²) in [5, 5.41) is 0.676. The van der Waals surface area contributed by atoms with Gasteiger partial charge in [0, 0.05) is 11.9 Å². The number of halogens is 1. The molecule has 2 rings (SSSR count). The number of alkyl halides is 1. The summed E-state index contributed by atoms with van der Waals surface area (Å²) in [7, 11) is -3.06. The van der Waals surface area contributed by atoms with Gasteiger partial charge in [0.15, 0.2) is 0 Å². The zero-order valence-corrected chi connectivity index (χ0v) is 11.2. The van der Waals surface area contributed by atoms with Crippen molar-refractivity contribution in [3.63, 3.8) is 0 Å². The summed E-state index contributed by atoms with van der Waals surface area (Å²) in [5.74, 6) is 0. The molecule has 0 amide bonds. The van der Waals surface area contributed by atoms with Crippen molar-refractivity contribution in [2.24, 2.45) is 0 Å². The summed E-state index contributed by atoms with van der Waals surface area (Å²) < 4.78 is 25.8. The van der Waals surface area contributed by atoms with Crippen molar-refractivity contribution >= 4 is 26.0 Å². The van der Waals surface area contributed by atoms with Gasteiger partial charge in [-0.05, 0) is 24.0 Å². The van der Waals surface area contributed by atoms with Gasteiger partial charge in [-0.1, -0.05) is 40.2 Å². The van der Waals surface area contributed by atoms with E-state index in [2.05, 4.69) is 20.7 Å². The first-order valence-corrected chi connectivity index (χ1v) is 7.91. The van der Waals surface area contributed by atoms with Crippen LogP contribution in [0.15, 0.2) is 24.3 Å². The Bertz CT molecular complexity index is 451. The molecule has 3 nitrogen and oxygen atoms in total. The minimum absolute atomic E-state index is 0.144. The van der Waals surface area contributed by atoms with Gasteiger partial charge in [0.05, 0.1) is 5.25 Å². The lowest BCUT2D eigenvalue weighted by Gasteiger charge is -2.05. The van der Waals surface area contributed by atoms with Gasteiger partial charge in [0.1, 0.15) is 0 Å². The maximum absolute atomic E-state index is 11.6. The monoisotopic (exact) mass is 303 g/mol. The van der Waals surface area contributed by atoms with Crippen LogP contribution in [0.4, 0.5) is 0 Å². The van der Waals surface area contributed by atoms with E-state index < -0.39 is 10.0 Å². The highest BCUT2D eigenvalue weighted by Crippen LogP contribution is 2.27. The summed E-state index contributed by atoms with van der Waals surface area (Å²) >= 11 is 3.37. The van der Waals surface area contributed by atoms with Crippen molar-refractivity contribution in [1.29, 1.82) is 0 Å². The van der Waals surface area contributed by atoms with Gasteiger partial charge in [-0.15, -0.1) is 0 Å². The highest BCUT2D eigenvalue weighted by atomic mass is 79.9. The molecular weight excluding hydrogens is 290 g/mol. The predicted molar refractivity (Wildman–Crippen MR) is 67.9 cm³/mol. The maximum atomic E-state index is 11.6. The van der Waals surface area contributed by atoms with E-state index >= 15 is 0 Å². The third-order valence-electron chi connectivity index (χ3n) is 2.62. The summed E-state index contributed by atoms with van der Waals surface area (Å²) in [4.78, 5) is 0. The van der Waals surface area contributed by atoms with E-state index in [1.54, 1.807) is 0 Å². The molecule has 1 N–H and O–H groups in total. The molecule has 0 aromatic heterocycles. The number of benzene rings is 1. The number of nitrogens with one attached hydrogen (secondary N) is 1. The number of rotatable bonds is 5. The second-order valence-corrected chi connectivity index (χ2v) is 6.62. The van der Waals surface area contributed by atoms with Crippen LogP contribution in [-0.2, 0) is 21.9 Å². The van der Waals surface area contributed by atoms with Crippen LogP contribution in [0.2, 0.25) is 0 Å². The molecule has 0 radical (unpaired) electrons. The fourth-order valence-corrected chi connectivity index (χ4v) is 3.16. The van der Waals surface area contributed by atoms with E-state index in [9.17, 15) is 8.42 Å². The molecule has 0 saturated heterocycles. The molecule has 0 heterocycles. The molecule has 0 aliphatic heterocycles. The van der Waals surface area contributed by atoms with Gasteiger partial charge in [-0.3, -0.25) is 0 Å². The molecule has 1 aromatic carbocycles. The van der Waals surface area contributed by atoms with Crippen molar-refractivity contribution in [3.05, 3.63) is 35.4 Å². The first kappa shape index (κ1) is 12.1. The van der Waals surface area contributed by atoms with E-state index in [1.807, 2.05) is 24.3 Å². The average Bonchev–Trinajstić information content (AvgIpc) is 3.11. The molecule has 0 bridgehead atoms. The van der Waals surface area contributed by atoms with Crippen LogP contribution < -0.4 is 4.72 Å². The fourth-order valence-electron chi connectivity index (χ4n) is 1.43. The lowest BCUT2D eigenvalue weighted by Crippen LogP contribution is -2.26. The molecule has 0 unspecified atom stereocenters. The van der Waals surface area contributed by atoms with Gasteiger partial charge < -0.3 is 0 Å². The van der Waals surface area contributed by atoms with Crippen LogP contribution in [0.25, 0.3) is 0 Å². The summed E-state index contributed by atoms with van der Waals surface area (Å²) in [6.07, 6.45) is 1.61. The fraction of sp³-hybridized carbons (Fsp3) is 0.455. The molecule has 0 spiro atoms. The van der Waals surface area contributed by atoms with Crippen LogP contribution in [0.3, 0.4) is 0 Å². The van der Waals surface area contributed by atoms with Crippen LogP contribution in [0.5, 0.6) is 0 Å². The SMILES string of the molecule is O=S(=O)(NCc1ccc(CBr)cc1)C1CC1. The van der Waals surface area contributed by atoms with Crippen LogP contribution >= 0.6 is 15.9 Å². The van der Waals surface area contributed by atoms with E-state index in [4.69, 9.17) is 0 Å². The van der Waals surface area contributed by atoms with Crippen molar-refractivity contribution in [2.75, 3.05) is 0 Å². The highest BCUT2D eigenvalue weighted by Gasteiger charge is 2.35. The Kier molecular flexibility index (Phi) is 3.66. The maximum Gasteiger partial charge on any atom is 0.214 e. The third-order valence-corrected chi connectivity index (χ3v) is 5.16. The Morgan fingerprint density at radius 1 is 1.19 bits per heavy atom. The average molecular weight is 304 g/mol. The zero-order chi connectivity index (χ0) is 11.6. The van der Waals surface area contributed by atoms with Crippen molar-refractivity contribution in [3.8, 4) is 0 Å². The van der Waals surface area contributed by atoms with Gasteiger partial charge in [0.25, 0.3) is 0 Å². The highest BCUT2D eigenvalue weighted by molar-refractivity contribution is 9.08. The summed E-state index contributed by atoms with van der Waals surface area (Å²) in [6, 6.07) is 7.89. The molecule has 1 fully saturated rings. The molecule has 1 aliphatic carbocycles. The Labute approximate surface area is 104 Å². The minimum Gasteiger partial charge on any atom is -0.212 e. The topological polar surface area (TPSA) is 46.2 Å². The smallest absolute Gasteiger partial charge is 0.212 e. The first-order chi connectivity index (χ1) is 7.62. The van der Waals surface area contributed by atoms with Gasteiger partial charge >= 0.3 is 0 Å². The Morgan fingerprint density at radius 2 is 1.75 bits per heavy atom. The Hall–Kier alpha value is -0.390. The molecule has 16 heavy (non-hydrogen) atoms. The Morgan fingerprint density at radius 3 is 2.25 bits per heavy atom. The molecule has 88 valence electrons. The third kappa shape index (κ3) is 3.06. The van der Waals surface area contributed by atoms with Crippen molar-refractivity contribution in [2.45, 2.75) is 30.0 Å². The van der Waals surface area contributed by atoms with Gasteiger partial charge in [-0.2, -0.15) is 0 Å². The van der Waals surface area contributed by atoms with Crippen LogP contribution in [0, 0.1) is 0 Å². The molecule has 5 heteroatoms. The minimum atomic E-state index is -3.06. The first-order valence-electron chi connectivity index (χ1n) is 5.24. The van der Waals surface area contributed by atoms with E-state index in [0.29, 0.717) is 6.54 Å². The van der Waals surface area contributed by atoms with Crippen LogP contribution in [-0.4, -0.2) is 13.7 Å². The largest absolute Gasteiger partial charge is 0.214 e. The van der Waals surface area contributed by atoms with E-state index in [-0.39, 0.29) is 5.25 Å². The standard InChI is InChI=1S/C11H14BrNO2S/c12-7-9-1-3-10(4-2-9)8-13-16(14,15)11-5-6-11/h1-4,11,13H,5-8H2. The number of sulfonamides is 1. The lowest BCUT2D eigenvalue weighted by atomic mass is 10.2. The number of hydrogen-bond acceptors (Lipinski definition) is 2. The second-order valence-electron chi connectivity index (χ2n) is 4.02. The van der Waals surface area contributed by atoms with E-state index in [1.165, 1.54) is 5.56 Å². The molecular formula is C11H14BrNO2S. The van der Waals surface area contributed by atoms with Crippen LogP contribution in [0.1, 0.15) is 24.0 Å². The van der Waals surface area contributed by atoms with E-state index in [0.717, 1.165) is 23.7 Å². The van der Waals surface area contributed by atoms with Gasteiger partial charge in [0.2, 0.25) is 10.0 Å². The molecule has 0 atom stereocenters. The second kappa shape index (κ2) is 4.85. The Balaban J connectivity index is 1.94. The van der Waals surface area contributed by atoms with Gasteiger partial charge in [-0.25, -0.2) is 13.1 Å². The van der Waals surface area contributed by atoms with Crippen molar-refractivity contribution < 1.29 is 8.42 Å². The normalized spacial score (nSPS) is 16.3. The molecule has 1 aliphatic rings. The molecule has 1 aromatic rings. The molecule has 1 saturated carbocycles. The lowest BCUT2D eigenvalue weighted by molar-refractivity contribution is 0.580. The predicted octanol–water partition coefficient (Wildman–Crippen LogP) is 2.16. The summed E-state index contributed by atoms with van der Waals surface area (Å²) in [6.45, 7) is 0.390. The zero-order valence-electron chi connectivity index (χ0n) is 8.82. The summed E-state index contributed by atoms with van der Waals surface area (Å²) in [5.41, 5.74) is 2.18. The number of hydrogen-bond donors (Lipinski definition) is 1. The van der Waals surface area contributed by atoms with Crippen molar-refractivity contribution in [1.82, 2.24) is 4.72 Å². The quantitative estimate of drug-likeness (QED) is 0.847.